The smallest absolute Gasteiger partial charge is 0.255 e. The maximum absolute atomic E-state index is 13.2. The van der Waals surface area contributed by atoms with Crippen LogP contribution in [0.1, 0.15) is 10.4 Å². The van der Waals surface area contributed by atoms with Gasteiger partial charge in [-0.3, -0.25) is 9.10 Å². The maximum atomic E-state index is 13.2. The van der Waals surface area contributed by atoms with E-state index in [1.54, 1.807) is 28.6 Å². The highest BCUT2D eigenvalue weighted by Gasteiger charge is 2.28. The van der Waals surface area contributed by atoms with E-state index in [1.807, 2.05) is 11.9 Å². The van der Waals surface area contributed by atoms with Gasteiger partial charge in [0.2, 0.25) is 5.88 Å². The minimum Gasteiger partial charge on any atom is -0.474 e. The summed E-state index contributed by atoms with van der Waals surface area (Å²) in [5.41, 5.74) is 0.982. The average Bonchev–Trinajstić information content (AvgIpc) is 2.74. The summed E-state index contributed by atoms with van der Waals surface area (Å²) in [6.45, 7) is 3.75. The number of pyridine rings is 1. The number of piperazine rings is 1. The zero-order valence-corrected chi connectivity index (χ0v) is 18.1. The molecule has 7 nitrogen and oxygen atoms in total. The summed E-state index contributed by atoms with van der Waals surface area (Å²) in [7, 11) is 0.495. The molecule has 2 aliphatic heterocycles. The molecule has 0 saturated carbocycles. The Hall–Kier alpha value is -1.87. The van der Waals surface area contributed by atoms with Gasteiger partial charge in [0.1, 0.15) is 12.3 Å². The van der Waals surface area contributed by atoms with E-state index in [9.17, 15) is 9.00 Å². The number of ether oxygens (including phenoxy) is 1. The van der Waals surface area contributed by atoms with E-state index in [0.717, 1.165) is 13.1 Å². The fraction of sp³-hybridized carbons (Fsp3) is 0.368. The molecule has 1 aromatic carbocycles. The molecular weight excluding hydrogens is 435 g/mol. The van der Waals surface area contributed by atoms with Gasteiger partial charge in [-0.05, 0) is 31.3 Å². The van der Waals surface area contributed by atoms with Crippen LogP contribution >= 0.6 is 23.2 Å². The number of carbonyl (C=O) groups excluding carboxylic acids is 1. The first-order chi connectivity index (χ1) is 13.9. The first-order valence-corrected chi connectivity index (χ1v) is 11.1. The lowest BCUT2D eigenvalue weighted by molar-refractivity contribution is 0.0663. The molecule has 10 heteroatoms. The Labute approximate surface area is 181 Å². The molecule has 1 atom stereocenters. The molecule has 2 aromatic rings. The molecule has 1 fully saturated rings. The number of hydrogen-bond acceptors (Lipinski definition) is 5. The highest BCUT2D eigenvalue weighted by atomic mass is 35.5. The third kappa shape index (κ3) is 4.21. The zero-order valence-electron chi connectivity index (χ0n) is 15.8. The molecular formula is C19H20Cl2N4O3S. The van der Waals surface area contributed by atoms with Crippen LogP contribution in [0.5, 0.6) is 5.88 Å². The van der Waals surface area contributed by atoms with E-state index < -0.39 is 11.0 Å². The van der Waals surface area contributed by atoms with Crippen LogP contribution < -0.4 is 9.04 Å². The molecule has 1 unspecified atom stereocenters. The zero-order chi connectivity index (χ0) is 20.5. The van der Waals surface area contributed by atoms with Crippen molar-refractivity contribution in [3.63, 3.8) is 0 Å². The number of benzene rings is 1. The Morgan fingerprint density at radius 1 is 1.10 bits per heavy atom. The summed E-state index contributed by atoms with van der Waals surface area (Å²) in [6.07, 6.45) is 1.52. The molecule has 154 valence electrons. The first-order valence-electron chi connectivity index (χ1n) is 9.19. The van der Waals surface area contributed by atoms with Crippen LogP contribution in [0.3, 0.4) is 0 Å². The van der Waals surface area contributed by atoms with Crippen molar-refractivity contribution in [2.75, 3.05) is 50.7 Å². The molecule has 2 aliphatic rings. The van der Waals surface area contributed by atoms with Gasteiger partial charge < -0.3 is 14.5 Å². The summed E-state index contributed by atoms with van der Waals surface area (Å²) in [6, 6.07) is 6.58. The summed E-state index contributed by atoms with van der Waals surface area (Å²) in [5.74, 6) is 0.277. The molecule has 1 amide bonds. The van der Waals surface area contributed by atoms with Crippen LogP contribution in [-0.2, 0) is 11.0 Å². The van der Waals surface area contributed by atoms with Gasteiger partial charge in [0.25, 0.3) is 5.91 Å². The van der Waals surface area contributed by atoms with E-state index in [0.29, 0.717) is 58.3 Å². The SMILES string of the molecule is CN1CCN(C(=O)c2cnc3c(c2)N(S(=O)c2ccc(Cl)c(Cl)c2)CCO3)CC1. The van der Waals surface area contributed by atoms with Gasteiger partial charge in [0.15, 0.2) is 11.0 Å². The Balaban J connectivity index is 1.62. The lowest BCUT2D eigenvalue weighted by Gasteiger charge is -2.33. The first kappa shape index (κ1) is 20.4. The Kier molecular flexibility index (Phi) is 5.96. The normalized spacial score (nSPS) is 18.2. The van der Waals surface area contributed by atoms with Crippen LogP contribution in [0.25, 0.3) is 0 Å². The molecule has 0 bridgehead atoms. The second-order valence-corrected chi connectivity index (χ2v) is 9.14. The van der Waals surface area contributed by atoms with Gasteiger partial charge in [-0.2, -0.15) is 0 Å². The fourth-order valence-corrected chi connectivity index (χ4v) is 4.84. The van der Waals surface area contributed by atoms with Crippen molar-refractivity contribution in [2.24, 2.45) is 0 Å². The van der Waals surface area contributed by atoms with Crippen molar-refractivity contribution in [2.45, 2.75) is 4.90 Å². The van der Waals surface area contributed by atoms with Crippen molar-refractivity contribution >= 4 is 45.8 Å². The van der Waals surface area contributed by atoms with Gasteiger partial charge in [0.05, 0.1) is 27.0 Å². The number of amides is 1. The maximum Gasteiger partial charge on any atom is 0.255 e. The van der Waals surface area contributed by atoms with Crippen molar-refractivity contribution in [3.05, 3.63) is 46.1 Å². The fourth-order valence-electron chi connectivity index (χ4n) is 3.27. The summed E-state index contributed by atoms with van der Waals surface area (Å²) in [5, 5.41) is 0.736. The molecule has 0 radical (unpaired) electrons. The van der Waals surface area contributed by atoms with Gasteiger partial charge in [0, 0.05) is 32.4 Å². The van der Waals surface area contributed by atoms with Crippen LogP contribution in [-0.4, -0.2) is 71.3 Å². The summed E-state index contributed by atoms with van der Waals surface area (Å²) < 4.78 is 20.5. The minimum atomic E-state index is -1.54. The lowest BCUT2D eigenvalue weighted by atomic mass is 10.2. The number of likely N-dealkylation sites (N-methyl/N-ethyl adjacent to an activating group) is 1. The van der Waals surface area contributed by atoms with Gasteiger partial charge in [-0.1, -0.05) is 23.2 Å². The molecule has 0 spiro atoms. The molecule has 4 rings (SSSR count). The Bertz CT molecular complexity index is 966. The third-order valence-electron chi connectivity index (χ3n) is 4.96. The molecule has 1 saturated heterocycles. The number of hydrogen-bond donors (Lipinski definition) is 0. The molecule has 0 aliphatic carbocycles. The van der Waals surface area contributed by atoms with Crippen molar-refractivity contribution in [3.8, 4) is 5.88 Å². The Morgan fingerprint density at radius 3 is 2.59 bits per heavy atom. The number of halogens is 2. The van der Waals surface area contributed by atoms with Crippen molar-refractivity contribution in [1.29, 1.82) is 0 Å². The van der Waals surface area contributed by atoms with Crippen LogP contribution in [0.4, 0.5) is 5.69 Å². The number of nitrogens with zero attached hydrogens (tertiary/aromatic N) is 4. The highest BCUT2D eigenvalue weighted by Crippen LogP contribution is 2.34. The van der Waals surface area contributed by atoms with Crippen LogP contribution in [0, 0.1) is 0 Å². The molecule has 29 heavy (non-hydrogen) atoms. The van der Waals surface area contributed by atoms with E-state index in [4.69, 9.17) is 27.9 Å². The predicted octanol–water partition coefficient (Wildman–Crippen LogP) is 2.70. The predicted molar refractivity (Wildman–Crippen MR) is 113 cm³/mol. The van der Waals surface area contributed by atoms with Gasteiger partial charge >= 0.3 is 0 Å². The molecule has 1 aromatic heterocycles. The summed E-state index contributed by atoms with van der Waals surface area (Å²) in [4.78, 5) is 21.7. The number of carbonyl (C=O) groups is 1. The van der Waals surface area contributed by atoms with Crippen LogP contribution in [0.2, 0.25) is 10.0 Å². The van der Waals surface area contributed by atoms with Crippen molar-refractivity contribution < 1.29 is 13.7 Å². The standard InChI is InChI=1S/C19H20Cl2N4O3S/c1-23-4-6-24(7-5-23)19(26)13-10-17-18(22-12-13)28-9-8-25(17)29(27)14-2-3-15(20)16(21)11-14/h2-3,10-12H,4-9H2,1H3. The van der Waals surface area contributed by atoms with E-state index in [2.05, 4.69) is 9.88 Å². The largest absolute Gasteiger partial charge is 0.474 e. The average molecular weight is 455 g/mol. The van der Waals surface area contributed by atoms with Crippen molar-refractivity contribution in [1.82, 2.24) is 14.8 Å². The quantitative estimate of drug-likeness (QED) is 0.712. The van der Waals surface area contributed by atoms with E-state index >= 15 is 0 Å². The Morgan fingerprint density at radius 2 is 1.86 bits per heavy atom. The van der Waals surface area contributed by atoms with E-state index in [1.165, 1.54) is 6.20 Å². The summed E-state index contributed by atoms with van der Waals surface area (Å²) >= 11 is 12.1. The number of aromatic nitrogens is 1. The molecule has 0 N–H and O–H groups in total. The monoisotopic (exact) mass is 454 g/mol. The van der Waals surface area contributed by atoms with Gasteiger partial charge in [-0.15, -0.1) is 0 Å². The number of rotatable bonds is 3. The second kappa shape index (κ2) is 8.47. The minimum absolute atomic E-state index is 0.0840. The topological polar surface area (TPSA) is 66.0 Å². The lowest BCUT2D eigenvalue weighted by Crippen LogP contribution is -2.47. The number of anilines is 1. The third-order valence-corrected chi connectivity index (χ3v) is 7.14. The van der Waals surface area contributed by atoms with E-state index in [-0.39, 0.29) is 5.91 Å². The molecule has 3 heterocycles. The highest BCUT2D eigenvalue weighted by molar-refractivity contribution is 7.86. The van der Waals surface area contributed by atoms with Crippen LogP contribution in [0.15, 0.2) is 35.4 Å². The second-order valence-electron chi connectivity index (χ2n) is 6.92. The van der Waals surface area contributed by atoms with Gasteiger partial charge in [-0.25, -0.2) is 9.19 Å². The number of fused-ring (bicyclic) bond motifs is 1.